The first-order chi connectivity index (χ1) is 11.0. The van der Waals surface area contributed by atoms with E-state index in [9.17, 15) is 13.2 Å². The van der Waals surface area contributed by atoms with Crippen LogP contribution < -0.4 is 10.5 Å². The Balaban J connectivity index is 3.23. The molecule has 0 aromatic carbocycles. The monoisotopic (exact) mass is 348 g/mol. The molecule has 2 amide bonds. The van der Waals surface area contributed by atoms with E-state index in [1.807, 2.05) is 0 Å². The molecule has 0 aromatic rings. The van der Waals surface area contributed by atoms with Gasteiger partial charge in [0.25, 0.3) is 0 Å². The van der Waals surface area contributed by atoms with E-state index in [0.717, 1.165) is 12.8 Å². The Kier molecular flexibility index (Phi) is 14.3. The molecule has 0 saturated heterocycles. The van der Waals surface area contributed by atoms with E-state index in [4.69, 9.17) is 5.73 Å². The normalized spacial score (nSPS) is 11.5. The largest absolute Gasteiger partial charge is 0.351 e. The topological polar surface area (TPSA) is 89.3 Å². The van der Waals surface area contributed by atoms with Gasteiger partial charge in [-0.15, -0.1) is 0 Å². The van der Waals surface area contributed by atoms with Crippen LogP contribution in [0.1, 0.15) is 96.8 Å². The first-order valence-corrected chi connectivity index (χ1v) is 10.9. The van der Waals surface area contributed by atoms with E-state index < -0.39 is 16.1 Å². The summed E-state index contributed by atoms with van der Waals surface area (Å²) in [6.45, 7) is 2.25. The van der Waals surface area contributed by atoms with Gasteiger partial charge in [0.05, 0.1) is 5.75 Å². The van der Waals surface area contributed by atoms with Crippen molar-refractivity contribution in [2.45, 2.75) is 96.8 Å². The number of sulfonamides is 1. The van der Waals surface area contributed by atoms with Crippen LogP contribution >= 0.6 is 0 Å². The molecule has 0 aliphatic rings. The Morgan fingerprint density at radius 1 is 0.739 bits per heavy atom. The van der Waals surface area contributed by atoms with Crippen LogP contribution in [0.25, 0.3) is 0 Å². The van der Waals surface area contributed by atoms with Crippen molar-refractivity contribution in [3.05, 3.63) is 0 Å². The lowest BCUT2D eigenvalue weighted by atomic mass is 10.0. The van der Waals surface area contributed by atoms with Crippen LogP contribution in [0.3, 0.4) is 0 Å². The fourth-order valence-electron chi connectivity index (χ4n) is 2.69. The molecule has 0 aliphatic heterocycles. The minimum atomic E-state index is -3.52. The summed E-state index contributed by atoms with van der Waals surface area (Å²) < 4.78 is 24.5. The Morgan fingerprint density at radius 2 is 1.09 bits per heavy atom. The maximum absolute atomic E-state index is 11.3. The maximum atomic E-state index is 11.3. The number of carbonyl (C=O) groups is 1. The van der Waals surface area contributed by atoms with Crippen LogP contribution in [0.2, 0.25) is 0 Å². The molecule has 0 saturated carbocycles. The van der Waals surface area contributed by atoms with Gasteiger partial charge in [-0.1, -0.05) is 90.4 Å². The van der Waals surface area contributed by atoms with Gasteiger partial charge in [0.1, 0.15) is 0 Å². The lowest BCUT2D eigenvalue weighted by Crippen LogP contribution is -2.36. The second kappa shape index (κ2) is 14.8. The van der Waals surface area contributed by atoms with Crippen LogP contribution in [0, 0.1) is 0 Å². The SMILES string of the molecule is CCCCCCCCCCCCCCCCS(=O)(=O)NC(N)=O. The highest BCUT2D eigenvalue weighted by molar-refractivity contribution is 7.90. The minimum absolute atomic E-state index is 0.0199. The molecular weight excluding hydrogens is 312 g/mol. The first kappa shape index (κ1) is 22.2. The summed E-state index contributed by atoms with van der Waals surface area (Å²) >= 11 is 0. The van der Waals surface area contributed by atoms with Crippen LogP contribution in [0.5, 0.6) is 0 Å². The highest BCUT2D eigenvalue weighted by Crippen LogP contribution is 2.13. The number of hydrogen-bond donors (Lipinski definition) is 2. The van der Waals surface area contributed by atoms with Crippen molar-refractivity contribution in [3.8, 4) is 0 Å². The molecule has 3 N–H and O–H groups in total. The Morgan fingerprint density at radius 3 is 1.43 bits per heavy atom. The Bertz CT molecular complexity index is 383. The fourth-order valence-corrected chi connectivity index (χ4v) is 3.68. The molecule has 5 nitrogen and oxygen atoms in total. The number of amides is 2. The summed E-state index contributed by atoms with van der Waals surface area (Å²) in [7, 11) is -3.52. The van der Waals surface area contributed by atoms with E-state index in [1.165, 1.54) is 70.6 Å². The van der Waals surface area contributed by atoms with Gasteiger partial charge in [-0.3, -0.25) is 0 Å². The van der Waals surface area contributed by atoms with Crippen molar-refractivity contribution in [2.75, 3.05) is 5.75 Å². The number of urea groups is 1. The number of primary amides is 1. The van der Waals surface area contributed by atoms with E-state index >= 15 is 0 Å². The molecule has 0 radical (unpaired) electrons. The van der Waals surface area contributed by atoms with Crippen molar-refractivity contribution in [1.29, 1.82) is 0 Å². The zero-order valence-corrected chi connectivity index (χ0v) is 15.6. The fraction of sp³-hybridized carbons (Fsp3) is 0.941. The minimum Gasteiger partial charge on any atom is -0.351 e. The molecule has 0 bridgehead atoms. The molecule has 0 rings (SSSR count). The summed E-state index contributed by atoms with van der Waals surface area (Å²) in [5.41, 5.74) is 4.80. The van der Waals surface area contributed by atoms with Gasteiger partial charge in [-0.25, -0.2) is 17.9 Å². The number of unbranched alkanes of at least 4 members (excludes halogenated alkanes) is 13. The first-order valence-electron chi connectivity index (χ1n) is 9.28. The predicted octanol–water partition coefficient (Wildman–Crippen LogP) is 4.47. The lowest BCUT2D eigenvalue weighted by Gasteiger charge is -2.05. The van der Waals surface area contributed by atoms with Crippen molar-refractivity contribution in [2.24, 2.45) is 5.73 Å². The quantitative estimate of drug-likeness (QED) is 0.403. The van der Waals surface area contributed by atoms with Gasteiger partial charge in [0.15, 0.2) is 0 Å². The smallest absolute Gasteiger partial charge is 0.325 e. The molecule has 0 fully saturated rings. The maximum Gasteiger partial charge on any atom is 0.325 e. The van der Waals surface area contributed by atoms with Gasteiger partial charge >= 0.3 is 6.03 Å². The molecular formula is C17H36N2O3S. The highest BCUT2D eigenvalue weighted by Gasteiger charge is 2.11. The van der Waals surface area contributed by atoms with Crippen molar-refractivity contribution in [1.82, 2.24) is 4.72 Å². The van der Waals surface area contributed by atoms with Crippen LogP contribution in [-0.4, -0.2) is 20.2 Å². The zero-order valence-electron chi connectivity index (χ0n) is 14.8. The summed E-state index contributed by atoms with van der Waals surface area (Å²) in [6.07, 6.45) is 17.1. The standard InChI is InChI=1S/C17H36N2O3S/c1-2-3-4-5-6-7-8-9-10-11-12-13-14-15-16-23(21,22)19-17(18)20/h2-16H2,1H3,(H3,18,19,20). The van der Waals surface area contributed by atoms with Gasteiger partial charge in [-0.2, -0.15) is 0 Å². The van der Waals surface area contributed by atoms with Gasteiger partial charge < -0.3 is 5.73 Å². The average molecular weight is 349 g/mol. The molecule has 0 spiro atoms. The van der Waals surface area contributed by atoms with Crippen molar-refractivity contribution in [3.63, 3.8) is 0 Å². The third kappa shape index (κ3) is 17.4. The molecule has 0 heterocycles. The summed E-state index contributed by atoms with van der Waals surface area (Å²) in [5, 5.41) is 0. The average Bonchev–Trinajstić information content (AvgIpc) is 2.46. The van der Waals surface area contributed by atoms with E-state index in [1.54, 1.807) is 4.72 Å². The number of nitrogens with one attached hydrogen (secondary N) is 1. The third-order valence-corrected chi connectivity index (χ3v) is 5.36. The number of hydrogen-bond acceptors (Lipinski definition) is 3. The molecule has 0 unspecified atom stereocenters. The van der Waals surface area contributed by atoms with Crippen LogP contribution in [0.15, 0.2) is 0 Å². The molecule has 138 valence electrons. The lowest BCUT2D eigenvalue weighted by molar-refractivity contribution is 0.253. The molecule has 6 heteroatoms. The third-order valence-electron chi connectivity index (χ3n) is 4.02. The van der Waals surface area contributed by atoms with Crippen LogP contribution in [-0.2, 0) is 10.0 Å². The van der Waals surface area contributed by atoms with Crippen molar-refractivity contribution >= 4 is 16.1 Å². The Labute approximate surface area is 142 Å². The molecule has 0 aliphatic carbocycles. The van der Waals surface area contributed by atoms with Crippen molar-refractivity contribution < 1.29 is 13.2 Å². The molecule has 0 aromatic heterocycles. The van der Waals surface area contributed by atoms with Gasteiger partial charge in [-0.05, 0) is 6.42 Å². The van der Waals surface area contributed by atoms with Crippen LogP contribution in [0.4, 0.5) is 4.79 Å². The Hall–Kier alpha value is -0.780. The summed E-state index contributed by atoms with van der Waals surface area (Å²) in [6, 6.07) is -1.00. The molecule has 23 heavy (non-hydrogen) atoms. The summed E-state index contributed by atoms with van der Waals surface area (Å²) in [5.74, 6) is -0.0199. The van der Waals surface area contributed by atoms with E-state index in [2.05, 4.69) is 6.92 Å². The van der Waals surface area contributed by atoms with E-state index in [0.29, 0.717) is 6.42 Å². The summed E-state index contributed by atoms with van der Waals surface area (Å²) in [4.78, 5) is 10.5. The van der Waals surface area contributed by atoms with E-state index in [-0.39, 0.29) is 5.75 Å². The second-order valence-corrected chi connectivity index (χ2v) is 8.22. The van der Waals surface area contributed by atoms with Gasteiger partial charge in [0, 0.05) is 0 Å². The second-order valence-electron chi connectivity index (χ2n) is 6.38. The number of carbonyl (C=O) groups excluding carboxylic acids is 1. The number of rotatable bonds is 16. The predicted molar refractivity (Wildman–Crippen MR) is 96.8 cm³/mol. The number of nitrogens with two attached hydrogens (primary N) is 1. The highest BCUT2D eigenvalue weighted by atomic mass is 32.2. The molecule has 0 atom stereocenters. The zero-order chi connectivity index (χ0) is 17.4. The van der Waals surface area contributed by atoms with Gasteiger partial charge in [0.2, 0.25) is 10.0 Å².